The van der Waals surface area contributed by atoms with E-state index in [9.17, 15) is 5.11 Å². The van der Waals surface area contributed by atoms with Crippen molar-refractivity contribution in [1.82, 2.24) is 0 Å². The number of ether oxygens (including phenoxy) is 2. The molecule has 0 spiro atoms. The number of fused-ring (bicyclic) bond motifs is 1. The lowest BCUT2D eigenvalue weighted by Gasteiger charge is -2.29. The maximum Gasteiger partial charge on any atom is 0.275 e. The van der Waals surface area contributed by atoms with Crippen LogP contribution in [0.4, 0.5) is 5.69 Å². The molecule has 2 aromatic rings. The lowest BCUT2D eigenvalue weighted by molar-refractivity contribution is -0.534. The summed E-state index contributed by atoms with van der Waals surface area (Å²) >= 11 is 3.50. The Labute approximate surface area is 183 Å². The van der Waals surface area contributed by atoms with Gasteiger partial charge in [-0.2, -0.15) is 4.90 Å². The minimum absolute atomic E-state index is 0. The Kier molecular flexibility index (Phi) is 5.42. The Morgan fingerprint density at radius 1 is 1.00 bits per heavy atom. The Morgan fingerprint density at radius 3 is 2.61 bits per heavy atom. The van der Waals surface area contributed by atoms with Gasteiger partial charge in [0, 0.05) is 22.5 Å². The number of nitrogens with zero attached hydrogens (tertiary/aromatic N) is 2. The van der Waals surface area contributed by atoms with Gasteiger partial charge in [-0.3, -0.25) is 4.58 Å². The van der Waals surface area contributed by atoms with Gasteiger partial charge in [-0.25, -0.2) is 0 Å². The minimum atomic E-state index is -1.11. The zero-order chi connectivity index (χ0) is 18.4. The molecule has 7 heteroatoms. The van der Waals surface area contributed by atoms with Gasteiger partial charge in [0.05, 0.1) is 6.54 Å². The number of rotatable bonds is 2. The first-order chi connectivity index (χ1) is 13.1. The summed E-state index contributed by atoms with van der Waals surface area (Å²) in [6, 6.07) is 13.9. The van der Waals surface area contributed by atoms with Crippen LogP contribution in [0.15, 0.2) is 46.9 Å². The van der Waals surface area contributed by atoms with Crippen LogP contribution in [0.25, 0.3) is 0 Å². The van der Waals surface area contributed by atoms with Crippen LogP contribution in [-0.2, 0) is 5.72 Å². The Bertz CT molecular complexity index is 916. The van der Waals surface area contributed by atoms with Crippen LogP contribution >= 0.6 is 32.9 Å². The highest BCUT2D eigenvalue weighted by Crippen LogP contribution is 2.42. The standard InChI is InChI=1S/C21H22BrN2O3.BrH/c22-16-7-5-15(6-8-16)21(25)13-23-11-3-1-2-4-20(23)24(21)17-9-10-18-19(12-17)27-14-26-18;/h5-10,12,25H,1-4,11,13-14H2;1H/q+1;. The predicted molar refractivity (Wildman–Crippen MR) is 117 cm³/mol. The van der Waals surface area contributed by atoms with Gasteiger partial charge >= 0.3 is 0 Å². The first-order valence-electron chi connectivity index (χ1n) is 9.44. The molecule has 2 aromatic carbocycles. The van der Waals surface area contributed by atoms with Gasteiger partial charge in [0.15, 0.2) is 18.0 Å². The lowest BCUT2D eigenvalue weighted by atomic mass is 10.00. The summed E-state index contributed by atoms with van der Waals surface area (Å²) < 4.78 is 14.4. The third-order valence-corrected chi connectivity index (χ3v) is 6.18. The molecule has 3 aliphatic heterocycles. The molecule has 28 heavy (non-hydrogen) atoms. The van der Waals surface area contributed by atoms with Crippen molar-refractivity contribution in [3.8, 4) is 11.5 Å². The number of anilines is 1. The Hall–Kier alpha value is -1.57. The molecule has 0 saturated carbocycles. The summed E-state index contributed by atoms with van der Waals surface area (Å²) in [5.41, 5.74) is 0.717. The van der Waals surface area contributed by atoms with E-state index in [0.29, 0.717) is 6.54 Å². The smallest absolute Gasteiger partial charge is 0.275 e. The quantitative estimate of drug-likeness (QED) is 0.608. The van der Waals surface area contributed by atoms with Crippen molar-refractivity contribution in [1.29, 1.82) is 0 Å². The first kappa shape index (κ1) is 19.7. The highest BCUT2D eigenvalue weighted by molar-refractivity contribution is 9.10. The van der Waals surface area contributed by atoms with Gasteiger partial charge in [0.2, 0.25) is 6.79 Å². The van der Waals surface area contributed by atoms with E-state index < -0.39 is 5.72 Å². The molecule has 0 amide bonds. The second-order valence-electron chi connectivity index (χ2n) is 7.34. The third-order valence-electron chi connectivity index (χ3n) is 5.65. The molecule has 0 saturated heterocycles. The molecule has 0 aliphatic carbocycles. The zero-order valence-electron chi connectivity index (χ0n) is 15.4. The van der Waals surface area contributed by atoms with E-state index in [4.69, 9.17) is 9.47 Å². The fourth-order valence-electron chi connectivity index (χ4n) is 4.35. The highest BCUT2D eigenvalue weighted by atomic mass is 79.9. The fraction of sp³-hybridized carbons (Fsp3) is 0.381. The van der Waals surface area contributed by atoms with Crippen LogP contribution < -0.4 is 14.4 Å². The zero-order valence-corrected chi connectivity index (χ0v) is 18.7. The van der Waals surface area contributed by atoms with E-state index >= 15 is 0 Å². The summed E-state index contributed by atoms with van der Waals surface area (Å²) in [4.78, 5) is 2.10. The Morgan fingerprint density at radius 2 is 1.79 bits per heavy atom. The lowest BCUT2D eigenvalue weighted by Crippen LogP contribution is -2.47. The van der Waals surface area contributed by atoms with Crippen molar-refractivity contribution in [3.63, 3.8) is 0 Å². The summed E-state index contributed by atoms with van der Waals surface area (Å²) in [5.74, 6) is 2.68. The maximum absolute atomic E-state index is 11.9. The van der Waals surface area contributed by atoms with Crippen LogP contribution in [0.3, 0.4) is 0 Å². The van der Waals surface area contributed by atoms with Crippen LogP contribution in [0.2, 0.25) is 0 Å². The molecular weight excluding hydrogens is 488 g/mol. The van der Waals surface area contributed by atoms with E-state index in [1.807, 2.05) is 42.5 Å². The monoisotopic (exact) mass is 509 g/mol. The molecule has 1 unspecified atom stereocenters. The molecule has 148 valence electrons. The minimum Gasteiger partial charge on any atom is -0.454 e. The molecule has 3 aliphatic rings. The maximum atomic E-state index is 11.9. The predicted octanol–water partition coefficient (Wildman–Crippen LogP) is 4.41. The molecule has 5 nitrogen and oxygen atoms in total. The van der Waals surface area contributed by atoms with Gasteiger partial charge in [-0.05, 0) is 43.5 Å². The van der Waals surface area contributed by atoms with Crippen molar-refractivity contribution in [3.05, 3.63) is 52.5 Å². The van der Waals surface area contributed by atoms with Crippen molar-refractivity contribution in [2.75, 3.05) is 24.8 Å². The normalized spacial score (nSPS) is 23.3. The number of amidine groups is 1. The molecule has 1 atom stereocenters. The third kappa shape index (κ3) is 3.23. The van der Waals surface area contributed by atoms with Crippen LogP contribution in [0, 0.1) is 0 Å². The van der Waals surface area contributed by atoms with E-state index in [0.717, 1.165) is 53.0 Å². The average Bonchev–Trinajstić information content (AvgIpc) is 3.17. The number of hydrogen-bond donors (Lipinski definition) is 1. The second-order valence-corrected chi connectivity index (χ2v) is 8.26. The van der Waals surface area contributed by atoms with E-state index in [1.165, 1.54) is 12.3 Å². The summed E-state index contributed by atoms with van der Waals surface area (Å²) in [6.45, 7) is 1.80. The number of hydrogen-bond acceptors (Lipinski definition) is 4. The SMILES string of the molecule is Br.OC1(c2ccc(Br)cc2)C[N+]2=C(CCCCC2)N1c1ccc2c(c1)OCO2. The second kappa shape index (κ2) is 7.69. The van der Waals surface area contributed by atoms with E-state index in [2.05, 4.69) is 25.4 Å². The highest BCUT2D eigenvalue weighted by Gasteiger charge is 2.54. The molecule has 5 rings (SSSR count). The van der Waals surface area contributed by atoms with Crippen molar-refractivity contribution < 1.29 is 19.2 Å². The van der Waals surface area contributed by atoms with Gasteiger partial charge in [-0.15, -0.1) is 17.0 Å². The molecule has 0 bridgehead atoms. The van der Waals surface area contributed by atoms with E-state index in [-0.39, 0.29) is 23.8 Å². The van der Waals surface area contributed by atoms with Crippen LogP contribution in [0.1, 0.15) is 31.2 Å². The van der Waals surface area contributed by atoms with Crippen LogP contribution in [-0.4, -0.2) is 35.4 Å². The Balaban J connectivity index is 0.00000192. The summed E-state index contributed by atoms with van der Waals surface area (Å²) in [5, 5.41) is 11.9. The largest absolute Gasteiger partial charge is 0.454 e. The number of benzene rings is 2. The van der Waals surface area contributed by atoms with Crippen molar-refractivity contribution in [2.24, 2.45) is 0 Å². The molecule has 0 fully saturated rings. The van der Waals surface area contributed by atoms with Gasteiger partial charge in [0.1, 0.15) is 5.69 Å². The fourth-order valence-corrected chi connectivity index (χ4v) is 4.61. The molecule has 3 heterocycles. The van der Waals surface area contributed by atoms with Crippen molar-refractivity contribution >= 4 is 44.4 Å². The molecule has 0 aromatic heterocycles. The van der Waals surface area contributed by atoms with Crippen molar-refractivity contribution in [2.45, 2.75) is 31.4 Å². The first-order valence-corrected chi connectivity index (χ1v) is 10.2. The summed E-state index contributed by atoms with van der Waals surface area (Å²) in [7, 11) is 0. The summed E-state index contributed by atoms with van der Waals surface area (Å²) in [6.07, 6.45) is 4.50. The van der Waals surface area contributed by atoms with Gasteiger partial charge in [0.25, 0.3) is 11.6 Å². The molecule has 0 radical (unpaired) electrons. The topological polar surface area (TPSA) is 44.9 Å². The number of aliphatic hydroxyl groups is 1. The van der Waals surface area contributed by atoms with Crippen LogP contribution in [0.5, 0.6) is 11.5 Å². The van der Waals surface area contributed by atoms with Gasteiger partial charge < -0.3 is 14.6 Å². The van der Waals surface area contributed by atoms with Gasteiger partial charge in [-0.1, -0.05) is 28.1 Å². The van der Waals surface area contributed by atoms with E-state index in [1.54, 1.807) is 0 Å². The molecular formula is C21H23Br2N2O3+. The molecule has 1 N–H and O–H groups in total. The average molecular weight is 511 g/mol. The number of halogens is 2.